The Labute approximate surface area is 110 Å². The summed E-state index contributed by atoms with van der Waals surface area (Å²) in [4.78, 5) is 6.83. The first-order valence-corrected chi connectivity index (χ1v) is 5.49. The minimum absolute atomic E-state index is 0.242. The van der Waals surface area contributed by atoms with E-state index in [0.29, 0.717) is 22.9 Å². The van der Waals surface area contributed by atoms with Gasteiger partial charge in [0.2, 0.25) is 5.82 Å². The van der Waals surface area contributed by atoms with Crippen molar-refractivity contribution in [2.45, 2.75) is 0 Å². The topological polar surface area (TPSA) is 80.2 Å². The second-order valence-electron chi connectivity index (χ2n) is 3.66. The lowest BCUT2D eigenvalue weighted by molar-refractivity contribution is 0.349. The van der Waals surface area contributed by atoms with Crippen molar-refractivity contribution in [1.29, 1.82) is 5.26 Å². The molecule has 0 aliphatic carbocycles. The maximum atomic E-state index is 8.79. The molecular weight excluding hydrogens is 246 g/mol. The smallest absolute Gasteiger partial charge is 0.210 e. The first-order valence-electron chi connectivity index (χ1n) is 5.49. The van der Waals surface area contributed by atoms with Gasteiger partial charge in [-0.15, -0.1) is 0 Å². The maximum absolute atomic E-state index is 8.79. The molecule has 0 saturated heterocycles. The highest BCUT2D eigenvalue weighted by molar-refractivity contribution is 5.71. The fourth-order valence-electron chi connectivity index (χ4n) is 1.75. The predicted molar refractivity (Wildman–Crippen MR) is 68.4 cm³/mol. The van der Waals surface area contributed by atoms with Crippen LogP contribution in [0.1, 0.15) is 5.82 Å². The van der Waals surface area contributed by atoms with E-state index in [2.05, 4.69) is 9.97 Å². The molecule has 1 aromatic heterocycles. The summed E-state index contributed by atoms with van der Waals surface area (Å²) in [7, 11) is 4.68. The highest BCUT2D eigenvalue weighted by Crippen LogP contribution is 2.39. The summed E-state index contributed by atoms with van der Waals surface area (Å²) in [5, 5.41) is 8.79. The SMILES string of the molecule is COc1cc(OC)c(-c2cnc(C#N)[nH]2)cc1OC. The van der Waals surface area contributed by atoms with Crippen molar-refractivity contribution in [2.24, 2.45) is 0 Å². The van der Waals surface area contributed by atoms with Gasteiger partial charge in [0.05, 0.1) is 33.2 Å². The first-order chi connectivity index (χ1) is 9.23. The monoisotopic (exact) mass is 259 g/mol. The Hall–Kier alpha value is -2.68. The Bertz CT molecular complexity index is 629. The number of aromatic nitrogens is 2. The maximum Gasteiger partial charge on any atom is 0.210 e. The van der Waals surface area contributed by atoms with Gasteiger partial charge in [0.25, 0.3) is 0 Å². The number of hydrogen-bond acceptors (Lipinski definition) is 5. The number of methoxy groups -OCH3 is 3. The number of benzene rings is 1. The molecule has 0 atom stereocenters. The lowest BCUT2D eigenvalue weighted by atomic mass is 10.1. The van der Waals surface area contributed by atoms with Gasteiger partial charge in [-0.05, 0) is 6.07 Å². The number of hydrogen-bond donors (Lipinski definition) is 1. The zero-order valence-corrected chi connectivity index (χ0v) is 10.9. The third-order valence-corrected chi connectivity index (χ3v) is 2.68. The van der Waals surface area contributed by atoms with Crippen LogP contribution in [0.3, 0.4) is 0 Å². The van der Waals surface area contributed by atoms with Crippen LogP contribution in [0.4, 0.5) is 0 Å². The van der Waals surface area contributed by atoms with Crippen molar-refractivity contribution in [3.05, 3.63) is 24.2 Å². The van der Waals surface area contributed by atoms with Crippen molar-refractivity contribution in [3.8, 4) is 34.6 Å². The molecule has 1 heterocycles. The van der Waals surface area contributed by atoms with Gasteiger partial charge in [0.1, 0.15) is 11.8 Å². The second-order valence-corrected chi connectivity index (χ2v) is 3.66. The van der Waals surface area contributed by atoms with E-state index in [4.69, 9.17) is 19.5 Å². The lowest BCUT2D eigenvalue weighted by Crippen LogP contribution is -1.95. The number of nitrogens with one attached hydrogen (secondary N) is 1. The Morgan fingerprint density at radius 3 is 2.21 bits per heavy atom. The van der Waals surface area contributed by atoms with Crippen LogP contribution >= 0.6 is 0 Å². The Kier molecular flexibility index (Phi) is 3.57. The van der Waals surface area contributed by atoms with E-state index in [1.807, 2.05) is 6.07 Å². The van der Waals surface area contributed by atoms with Crippen LogP contribution in [0.2, 0.25) is 0 Å². The predicted octanol–water partition coefficient (Wildman–Crippen LogP) is 1.97. The zero-order valence-electron chi connectivity index (χ0n) is 10.9. The van der Waals surface area contributed by atoms with Gasteiger partial charge < -0.3 is 19.2 Å². The number of imidazole rings is 1. The van der Waals surface area contributed by atoms with Crippen molar-refractivity contribution in [2.75, 3.05) is 21.3 Å². The second kappa shape index (κ2) is 5.31. The van der Waals surface area contributed by atoms with E-state index in [0.717, 1.165) is 5.56 Å². The van der Waals surface area contributed by atoms with Crippen LogP contribution < -0.4 is 14.2 Å². The molecule has 6 heteroatoms. The lowest BCUT2D eigenvalue weighted by Gasteiger charge is -2.13. The van der Waals surface area contributed by atoms with Gasteiger partial charge in [-0.1, -0.05) is 0 Å². The molecule has 0 aliphatic heterocycles. The van der Waals surface area contributed by atoms with Crippen molar-refractivity contribution in [3.63, 3.8) is 0 Å². The van der Waals surface area contributed by atoms with E-state index >= 15 is 0 Å². The third kappa shape index (κ3) is 2.31. The number of rotatable bonds is 4. The average Bonchev–Trinajstić information content (AvgIpc) is 2.94. The molecule has 2 rings (SSSR count). The van der Waals surface area contributed by atoms with Gasteiger partial charge in [0, 0.05) is 11.6 Å². The Morgan fingerprint density at radius 1 is 1.05 bits per heavy atom. The summed E-state index contributed by atoms with van der Waals surface area (Å²) in [6.45, 7) is 0. The van der Waals surface area contributed by atoms with E-state index in [9.17, 15) is 0 Å². The number of nitrogens with zero attached hydrogens (tertiary/aromatic N) is 2. The van der Waals surface area contributed by atoms with Crippen LogP contribution in [0.25, 0.3) is 11.3 Å². The summed E-state index contributed by atoms with van der Waals surface area (Å²) in [5.74, 6) is 1.99. The molecule has 0 unspecified atom stereocenters. The summed E-state index contributed by atoms with van der Waals surface area (Å²) in [5.41, 5.74) is 1.42. The summed E-state index contributed by atoms with van der Waals surface area (Å²) in [6, 6.07) is 5.44. The van der Waals surface area contributed by atoms with Crippen molar-refractivity contribution in [1.82, 2.24) is 9.97 Å². The molecule has 0 bridgehead atoms. The summed E-state index contributed by atoms with van der Waals surface area (Å²) in [6.07, 6.45) is 1.57. The molecule has 0 radical (unpaired) electrons. The quantitative estimate of drug-likeness (QED) is 0.908. The van der Waals surface area contributed by atoms with Gasteiger partial charge in [-0.25, -0.2) is 4.98 Å². The third-order valence-electron chi connectivity index (χ3n) is 2.68. The molecule has 2 aromatic rings. The van der Waals surface area contributed by atoms with Gasteiger partial charge in [-0.3, -0.25) is 0 Å². The molecule has 1 aromatic carbocycles. The van der Waals surface area contributed by atoms with Crippen molar-refractivity contribution < 1.29 is 14.2 Å². The Balaban J connectivity index is 2.58. The van der Waals surface area contributed by atoms with Crippen LogP contribution in [-0.2, 0) is 0 Å². The zero-order chi connectivity index (χ0) is 13.8. The number of nitriles is 1. The van der Waals surface area contributed by atoms with E-state index in [-0.39, 0.29) is 5.82 Å². The van der Waals surface area contributed by atoms with Crippen LogP contribution in [-0.4, -0.2) is 31.3 Å². The first kappa shape index (κ1) is 12.8. The largest absolute Gasteiger partial charge is 0.496 e. The van der Waals surface area contributed by atoms with Crippen LogP contribution in [0, 0.1) is 11.3 Å². The molecule has 0 fully saturated rings. The highest BCUT2D eigenvalue weighted by Gasteiger charge is 2.15. The van der Waals surface area contributed by atoms with E-state index in [1.165, 1.54) is 0 Å². The van der Waals surface area contributed by atoms with Gasteiger partial charge >= 0.3 is 0 Å². The molecule has 0 saturated carbocycles. The van der Waals surface area contributed by atoms with Crippen LogP contribution in [0.15, 0.2) is 18.3 Å². The fraction of sp³-hybridized carbons (Fsp3) is 0.231. The summed E-state index contributed by atoms with van der Waals surface area (Å²) < 4.78 is 15.8. The van der Waals surface area contributed by atoms with Crippen molar-refractivity contribution >= 4 is 0 Å². The number of ether oxygens (including phenoxy) is 3. The molecule has 6 nitrogen and oxygen atoms in total. The van der Waals surface area contributed by atoms with E-state index in [1.54, 1.807) is 39.7 Å². The normalized spacial score (nSPS) is 9.79. The minimum Gasteiger partial charge on any atom is -0.496 e. The molecule has 0 spiro atoms. The Morgan fingerprint density at radius 2 is 1.68 bits per heavy atom. The number of aromatic amines is 1. The van der Waals surface area contributed by atoms with Crippen LogP contribution in [0.5, 0.6) is 17.2 Å². The van der Waals surface area contributed by atoms with E-state index < -0.39 is 0 Å². The number of H-pyrrole nitrogens is 1. The summed E-state index contributed by atoms with van der Waals surface area (Å²) >= 11 is 0. The van der Waals surface area contributed by atoms with Gasteiger partial charge in [-0.2, -0.15) is 5.26 Å². The molecule has 19 heavy (non-hydrogen) atoms. The van der Waals surface area contributed by atoms with Gasteiger partial charge in [0.15, 0.2) is 11.5 Å². The standard InChI is InChI=1S/C13H13N3O3/c1-17-10-5-12(19-3)11(18-2)4-8(10)9-7-15-13(6-14)16-9/h4-5,7H,1-3H3,(H,15,16). The fourth-order valence-corrected chi connectivity index (χ4v) is 1.75. The minimum atomic E-state index is 0.242. The molecule has 98 valence electrons. The molecular formula is C13H13N3O3. The molecule has 1 N–H and O–H groups in total. The molecule has 0 aliphatic rings. The highest BCUT2D eigenvalue weighted by atomic mass is 16.5. The molecule has 0 amide bonds. The average molecular weight is 259 g/mol.